The topological polar surface area (TPSA) is 47.6 Å². The van der Waals surface area contributed by atoms with E-state index in [-0.39, 0.29) is 6.61 Å². The summed E-state index contributed by atoms with van der Waals surface area (Å²) in [5, 5.41) is 3.24. The highest BCUT2D eigenvalue weighted by atomic mass is 79.9. The molecule has 1 rings (SSSR count). The minimum atomic E-state index is -0.412. The lowest BCUT2D eigenvalue weighted by Crippen LogP contribution is -2.14. The van der Waals surface area contributed by atoms with Gasteiger partial charge in [-0.1, -0.05) is 6.92 Å². The van der Waals surface area contributed by atoms with Crippen molar-refractivity contribution in [1.29, 1.82) is 0 Å². The van der Waals surface area contributed by atoms with Gasteiger partial charge in [0.25, 0.3) is 0 Å². The standard InChI is InChI=1S/C12H15Br2NO3/c1-3-15-6-8-4-9(13)12(10(14)5-8)18-7-11(16)17-2/h4-5,15H,3,6-7H2,1-2H3. The van der Waals surface area contributed by atoms with Gasteiger partial charge >= 0.3 is 5.97 Å². The Morgan fingerprint density at radius 2 is 1.94 bits per heavy atom. The third-order valence-corrected chi connectivity index (χ3v) is 3.38. The van der Waals surface area contributed by atoms with E-state index in [0.717, 1.165) is 27.6 Å². The monoisotopic (exact) mass is 379 g/mol. The smallest absolute Gasteiger partial charge is 0.343 e. The first-order valence-corrected chi connectivity index (χ1v) is 7.05. The number of halogens is 2. The van der Waals surface area contributed by atoms with Gasteiger partial charge in [0.15, 0.2) is 6.61 Å². The molecule has 0 atom stereocenters. The van der Waals surface area contributed by atoms with Crippen LogP contribution in [0.2, 0.25) is 0 Å². The summed E-state index contributed by atoms with van der Waals surface area (Å²) in [6, 6.07) is 3.92. The fourth-order valence-corrected chi connectivity index (χ4v) is 2.82. The van der Waals surface area contributed by atoms with Crippen molar-refractivity contribution in [1.82, 2.24) is 5.32 Å². The second-order valence-corrected chi connectivity index (χ2v) is 5.24. The van der Waals surface area contributed by atoms with Gasteiger partial charge in [-0.05, 0) is 56.1 Å². The molecule has 4 nitrogen and oxygen atoms in total. The molecule has 0 aliphatic heterocycles. The van der Waals surface area contributed by atoms with E-state index in [1.807, 2.05) is 12.1 Å². The average molecular weight is 381 g/mol. The number of methoxy groups -OCH3 is 1. The van der Waals surface area contributed by atoms with Gasteiger partial charge in [-0.2, -0.15) is 0 Å². The van der Waals surface area contributed by atoms with E-state index in [9.17, 15) is 4.79 Å². The maximum absolute atomic E-state index is 11.0. The first-order chi connectivity index (χ1) is 8.58. The first-order valence-electron chi connectivity index (χ1n) is 5.46. The molecule has 0 aromatic heterocycles. The Labute approximate surface area is 123 Å². The van der Waals surface area contributed by atoms with E-state index < -0.39 is 5.97 Å². The SMILES string of the molecule is CCNCc1cc(Br)c(OCC(=O)OC)c(Br)c1. The van der Waals surface area contributed by atoms with Crippen LogP contribution in [0.3, 0.4) is 0 Å². The maximum atomic E-state index is 11.0. The number of rotatable bonds is 6. The number of carbonyl (C=O) groups is 1. The highest BCUT2D eigenvalue weighted by Gasteiger charge is 2.11. The molecule has 0 aliphatic carbocycles. The Balaban J connectivity index is 2.77. The van der Waals surface area contributed by atoms with Crippen LogP contribution in [0.5, 0.6) is 5.75 Å². The highest BCUT2D eigenvalue weighted by molar-refractivity contribution is 9.11. The Kier molecular flexibility index (Phi) is 6.67. The lowest BCUT2D eigenvalue weighted by Gasteiger charge is -2.11. The summed E-state index contributed by atoms with van der Waals surface area (Å²) in [7, 11) is 1.33. The second-order valence-electron chi connectivity index (χ2n) is 3.53. The van der Waals surface area contributed by atoms with Crippen LogP contribution in [0, 0.1) is 0 Å². The predicted octanol–water partition coefficient (Wildman–Crippen LogP) is 2.87. The number of esters is 1. The molecule has 1 N–H and O–H groups in total. The molecule has 0 saturated heterocycles. The molecule has 0 amide bonds. The molecule has 0 bridgehead atoms. The summed E-state index contributed by atoms with van der Waals surface area (Å²) in [5.41, 5.74) is 1.13. The summed E-state index contributed by atoms with van der Waals surface area (Å²) < 4.78 is 11.5. The molecule has 0 aliphatic rings. The van der Waals surface area contributed by atoms with Crippen LogP contribution < -0.4 is 10.1 Å². The first kappa shape index (κ1) is 15.5. The van der Waals surface area contributed by atoms with Crippen LogP contribution in [0.25, 0.3) is 0 Å². The van der Waals surface area contributed by atoms with Gasteiger partial charge in [0.2, 0.25) is 0 Å². The molecule has 0 saturated carbocycles. The molecule has 1 aromatic rings. The molecular formula is C12H15Br2NO3. The van der Waals surface area contributed by atoms with Crippen LogP contribution in [0.4, 0.5) is 0 Å². The molecule has 0 unspecified atom stereocenters. The zero-order chi connectivity index (χ0) is 13.5. The van der Waals surface area contributed by atoms with Crippen molar-refractivity contribution in [3.63, 3.8) is 0 Å². The van der Waals surface area contributed by atoms with Gasteiger partial charge in [0, 0.05) is 6.54 Å². The van der Waals surface area contributed by atoms with Crippen LogP contribution in [-0.2, 0) is 16.1 Å². The molecule has 0 fully saturated rings. The normalized spacial score (nSPS) is 10.2. The highest BCUT2D eigenvalue weighted by Crippen LogP contribution is 2.34. The van der Waals surface area contributed by atoms with Gasteiger partial charge in [-0.3, -0.25) is 0 Å². The summed E-state index contributed by atoms with van der Waals surface area (Å²) in [6.07, 6.45) is 0. The summed E-state index contributed by atoms with van der Waals surface area (Å²) >= 11 is 6.85. The van der Waals surface area contributed by atoms with Gasteiger partial charge < -0.3 is 14.8 Å². The van der Waals surface area contributed by atoms with Gasteiger partial charge in [0.1, 0.15) is 5.75 Å². The number of nitrogens with one attached hydrogen (secondary N) is 1. The molecule has 100 valence electrons. The van der Waals surface area contributed by atoms with Crippen LogP contribution >= 0.6 is 31.9 Å². The van der Waals surface area contributed by atoms with Crippen molar-refractivity contribution < 1.29 is 14.3 Å². The zero-order valence-corrected chi connectivity index (χ0v) is 13.4. The molecule has 0 spiro atoms. The number of carbonyl (C=O) groups excluding carboxylic acids is 1. The van der Waals surface area contributed by atoms with Crippen LogP contribution in [0.1, 0.15) is 12.5 Å². The second kappa shape index (κ2) is 7.76. The molecule has 1 aromatic carbocycles. The van der Waals surface area contributed by atoms with Crippen molar-refractivity contribution in [2.75, 3.05) is 20.3 Å². The van der Waals surface area contributed by atoms with E-state index >= 15 is 0 Å². The van der Waals surface area contributed by atoms with E-state index in [1.165, 1.54) is 7.11 Å². The minimum Gasteiger partial charge on any atom is -0.480 e. The van der Waals surface area contributed by atoms with Crippen molar-refractivity contribution in [2.45, 2.75) is 13.5 Å². The Bertz CT molecular complexity index is 401. The maximum Gasteiger partial charge on any atom is 0.343 e. The van der Waals surface area contributed by atoms with Crippen molar-refractivity contribution in [3.05, 3.63) is 26.6 Å². The Hall–Kier alpha value is -0.590. The molecule has 0 heterocycles. The van der Waals surface area contributed by atoms with Gasteiger partial charge in [-0.15, -0.1) is 0 Å². The predicted molar refractivity (Wildman–Crippen MR) is 76.7 cm³/mol. The van der Waals surface area contributed by atoms with E-state index in [4.69, 9.17) is 4.74 Å². The van der Waals surface area contributed by atoms with Crippen molar-refractivity contribution >= 4 is 37.8 Å². The van der Waals surface area contributed by atoms with Gasteiger partial charge in [0.05, 0.1) is 16.1 Å². The van der Waals surface area contributed by atoms with E-state index in [0.29, 0.717) is 5.75 Å². The summed E-state index contributed by atoms with van der Waals surface area (Å²) in [6.45, 7) is 3.64. The molecular weight excluding hydrogens is 366 g/mol. The van der Waals surface area contributed by atoms with Crippen LogP contribution in [-0.4, -0.2) is 26.2 Å². The minimum absolute atomic E-state index is 0.111. The Morgan fingerprint density at radius 3 is 2.44 bits per heavy atom. The Morgan fingerprint density at radius 1 is 1.33 bits per heavy atom. The number of ether oxygens (including phenoxy) is 2. The third-order valence-electron chi connectivity index (χ3n) is 2.20. The zero-order valence-electron chi connectivity index (χ0n) is 10.3. The van der Waals surface area contributed by atoms with Gasteiger partial charge in [-0.25, -0.2) is 4.79 Å². The summed E-state index contributed by atoms with van der Waals surface area (Å²) in [4.78, 5) is 11.0. The summed E-state index contributed by atoms with van der Waals surface area (Å²) in [5.74, 6) is 0.186. The van der Waals surface area contributed by atoms with Crippen LogP contribution in [0.15, 0.2) is 21.1 Å². The lowest BCUT2D eigenvalue weighted by atomic mass is 10.2. The van der Waals surface area contributed by atoms with E-state index in [1.54, 1.807) is 0 Å². The largest absolute Gasteiger partial charge is 0.480 e. The quantitative estimate of drug-likeness (QED) is 0.771. The number of hydrogen-bond donors (Lipinski definition) is 1. The fourth-order valence-electron chi connectivity index (χ4n) is 1.31. The molecule has 0 radical (unpaired) electrons. The van der Waals surface area contributed by atoms with E-state index in [2.05, 4.69) is 48.8 Å². The van der Waals surface area contributed by atoms with Crippen molar-refractivity contribution in [3.8, 4) is 5.75 Å². The fraction of sp³-hybridized carbons (Fsp3) is 0.417. The molecule has 6 heteroatoms. The van der Waals surface area contributed by atoms with Crippen molar-refractivity contribution in [2.24, 2.45) is 0 Å². The average Bonchev–Trinajstić information content (AvgIpc) is 2.34. The number of hydrogen-bond acceptors (Lipinski definition) is 4. The third kappa shape index (κ3) is 4.59. The number of benzene rings is 1. The lowest BCUT2D eigenvalue weighted by molar-refractivity contribution is -0.142. The molecule has 18 heavy (non-hydrogen) atoms.